The van der Waals surface area contributed by atoms with E-state index in [1.807, 2.05) is 6.07 Å². The molecular weight excluding hydrogens is 278 g/mol. The molecule has 20 heavy (non-hydrogen) atoms. The molecule has 0 N–H and O–H groups in total. The topological polar surface area (TPSA) is 69.4 Å². The smallest absolute Gasteiger partial charge is 0.345 e. The number of carbonyl (C=O) groups excluding carboxylic acids is 1. The fourth-order valence-corrected chi connectivity index (χ4v) is 2.39. The number of nitro benzene ring substituents is 1. The van der Waals surface area contributed by atoms with E-state index in [-0.39, 0.29) is 16.3 Å². The summed E-state index contributed by atoms with van der Waals surface area (Å²) in [7, 11) is 0. The van der Waals surface area contributed by atoms with Crippen LogP contribution >= 0.6 is 12.2 Å². The molecule has 5 nitrogen and oxygen atoms in total. The van der Waals surface area contributed by atoms with Crippen molar-refractivity contribution in [1.82, 2.24) is 0 Å². The monoisotopic (exact) mass is 285 g/mol. The summed E-state index contributed by atoms with van der Waals surface area (Å²) in [4.78, 5) is 22.4. The molecule has 98 valence electrons. The second kappa shape index (κ2) is 4.50. The first kappa shape index (κ1) is 12.4. The van der Waals surface area contributed by atoms with Gasteiger partial charge < -0.3 is 4.74 Å². The molecule has 2 aromatic rings. The SMILES string of the molecule is O=C1OC(=S)c2cc([N+](=O)[O-])cc(-c3ccccc3)c21. The van der Waals surface area contributed by atoms with Crippen LogP contribution in [0.4, 0.5) is 5.69 Å². The van der Waals surface area contributed by atoms with E-state index in [9.17, 15) is 14.9 Å². The van der Waals surface area contributed by atoms with E-state index in [0.29, 0.717) is 16.7 Å². The highest BCUT2D eigenvalue weighted by Crippen LogP contribution is 2.35. The van der Waals surface area contributed by atoms with Crippen molar-refractivity contribution in [3.05, 3.63) is 63.7 Å². The number of ether oxygens (including phenoxy) is 1. The second-order valence-electron chi connectivity index (χ2n) is 4.22. The number of nitro groups is 1. The number of rotatable bonds is 2. The van der Waals surface area contributed by atoms with E-state index in [4.69, 9.17) is 17.0 Å². The van der Waals surface area contributed by atoms with Crippen LogP contribution in [0, 0.1) is 10.1 Å². The molecule has 6 heteroatoms. The molecule has 0 saturated heterocycles. The Kier molecular flexibility index (Phi) is 2.80. The second-order valence-corrected chi connectivity index (χ2v) is 4.59. The van der Waals surface area contributed by atoms with Gasteiger partial charge in [0.05, 0.1) is 16.1 Å². The minimum absolute atomic E-state index is 0.0223. The molecule has 1 aliphatic rings. The molecule has 2 aromatic carbocycles. The summed E-state index contributed by atoms with van der Waals surface area (Å²) in [6.45, 7) is 0. The highest BCUT2D eigenvalue weighted by Gasteiger charge is 2.32. The zero-order chi connectivity index (χ0) is 14.3. The van der Waals surface area contributed by atoms with Gasteiger partial charge in [0.2, 0.25) is 5.05 Å². The van der Waals surface area contributed by atoms with E-state index in [1.54, 1.807) is 24.3 Å². The molecule has 0 bridgehead atoms. The summed E-state index contributed by atoms with van der Waals surface area (Å²) in [6, 6.07) is 11.6. The Hall–Kier alpha value is -2.60. The zero-order valence-corrected chi connectivity index (χ0v) is 10.8. The number of hydrogen-bond donors (Lipinski definition) is 0. The summed E-state index contributed by atoms with van der Waals surface area (Å²) in [6.07, 6.45) is 0. The fraction of sp³-hybridized carbons (Fsp3) is 0. The number of thiocarbonyl (C=S) groups is 1. The van der Waals surface area contributed by atoms with Crippen molar-refractivity contribution >= 4 is 28.9 Å². The molecule has 0 unspecified atom stereocenters. The molecule has 0 aliphatic carbocycles. The van der Waals surface area contributed by atoms with Crippen molar-refractivity contribution in [3.8, 4) is 11.1 Å². The molecule has 0 aromatic heterocycles. The molecule has 0 saturated carbocycles. The maximum absolute atomic E-state index is 11.9. The van der Waals surface area contributed by atoms with Crippen LogP contribution in [0.1, 0.15) is 15.9 Å². The predicted molar refractivity (Wildman–Crippen MR) is 75.6 cm³/mol. The van der Waals surface area contributed by atoms with Gasteiger partial charge in [-0.3, -0.25) is 10.1 Å². The van der Waals surface area contributed by atoms with Crippen LogP contribution in [-0.4, -0.2) is 15.9 Å². The lowest BCUT2D eigenvalue weighted by atomic mass is 9.96. The fourth-order valence-electron chi connectivity index (χ4n) is 2.15. The standard InChI is InChI=1S/C14H7NO4S/c16-13-12-10(8-4-2-1-3-5-8)6-9(15(17)18)7-11(12)14(20)19-13/h1-7H. The Bertz CT molecular complexity index is 755. The van der Waals surface area contributed by atoms with Gasteiger partial charge in [0, 0.05) is 17.7 Å². The van der Waals surface area contributed by atoms with Crippen LogP contribution in [0.3, 0.4) is 0 Å². The number of benzene rings is 2. The largest absolute Gasteiger partial charge is 0.410 e. The highest BCUT2D eigenvalue weighted by atomic mass is 32.1. The number of hydrogen-bond acceptors (Lipinski definition) is 5. The molecule has 0 radical (unpaired) electrons. The molecule has 0 amide bonds. The molecule has 3 rings (SSSR count). The number of carbonyl (C=O) groups is 1. The maximum Gasteiger partial charge on any atom is 0.345 e. The lowest BCUT2D eigenvalue weighted by Crippen LogP contribution is -1.99. The third-order valence-electron chi connectivity index (χ3n) is 3.03. The predicted octanol–water partition coefficient (Wildman–Crippen LogP) is 3.11. The van der Waals surface area contributed by atoms with Crippen molar-refractivity contribution < 1.29 is 14.5 Å². The Labute approximate surface area is 118 Å². The van der Waals surface area contributed by atoms with Crippen molar-refractivity contribution in [1.29, 1.82) is 0 Å². The minimum Gasteiger partial charge on any atom is -0.410 e. The van der Waals surface area contributed by atoms with Gasteiger partial charge in [0.25, 0.3) is 5.69 Å². The van der Waals surface area contributed by atoms with Crippen LogP contribution < -0.4 is 0 Å². The molecule has 0 fully saturated rings. The first-order chi connectivity index (χ1) is 9.58. The first-order valence-electron chi connectivity index (χ1n) is 5.72. The lowest BCUT2D eigenvalue weighted by Gasteiger charge is -2.05. The summed E-state index contributed by atoms with van der Waals surface area (Å²) in [5.74, 6) is -0.571. The summed E-state index contributed by atoms with van der Waals surface area (Å²) in [5, 5.41) is 11.0. The average Bonchev–Trinajstić information content (AvgIpc) is 2.74. The number of non-ortho nitro benzene ring substituents is 1. The van der Waals surface area contributed by atoms with Gasteiger partial charge in [0.1, 0.15) is 0 Å². The molecule has 1 aliphatic heterocycles. The number of fused-ring (bicyclic) bond motifs is 1. The van der Waals surface area contributed by atoms with E-state index in [0.717, 1.165) is 0 Å². The Balaban J connectivity index is 2.34. The number of cyclic esters (lactones) is 1. The van der Waals surface area contributed by atoms with Gasteiger partial charge in [-0.15, -0.1) is 0 Å². The van der Waals surface area contributed by atoms with Gasteiger partial charge in [-0.05, 0) is 17.8 Å². The molecule has 1 heterocycles. The van der Waals surface area contributed by atoms with Crippen molar-refractivity contribution in [2.24, 2.45) is 0 Å². The van der Waals surface area contributed by atoms with Crippen LogP contribution in [0.5, 0.6) is 0 Å². The number of esters is 1. The third-order valence-corrected chi connectivity index (χ3v) is 3.33. The van der Waals surface area contributed by atoms with Gasteiger partial charge in [-0.25, -0.2) is 4.79 Å². The Morgan fingerprint density at radius 3 is 2.40 bits per heavy atom. The maximum atomic E-state index is 11.9. The van der Waals surface area contributed by atoms with Crippen molar-refractivity contribution in [2.45, 2.75) is 0 Å². The zero-order valence-electron chi connectivity index (χ0n) is 10.0. The minimum atomic E-state index is -0.571. The van der Waals surface area contributed by atoms with Crippen molar-refractivity contribution in [2.75, 3.05) is 0 Å². The van der Waals surface area contributed by atoms with Crippen LogP contribution in [0.25, 0.3) is 11.1 Å². The van der Waals surface area contributed by atoms with E-state index >= 15 is 0 Å². The highest BCUT2D eigenvalue weighted by molar-refractivity contribution is 7.80. The summed E-state index contributed by atoms with van der Waals surface area (Å²) < 4.78 is 4.90. The summed E-state index contributed by atoms with van der Waals surface area (Å²) in [5.41, 5.74) is 1.63. The average molecular weight is 285 g/mol. The normalized spacial score (nSPS) is 13.0. The van der Waals surface area contributed by atoms with Gasteiger partial charge in [-0.1, -0.05) is 30.3 Å². The third kappa shape index (κ3) is 1.86. The van der Waals surface area contributed by atoms with E-state index in [1.165, 1.54) is 12.1 Å². The van der Waals surface area contributed by atoms with E-state index in [2.05, 4.69) is 0 Å². The summed E-state index contributed by atoms with van der Waals surface area (Å²) >= 11 is 4.94. The lowest BCUT2D eigenvalue weighted by molar-refractivity contribution is -0.384. The molecular formula is C14H7NO4S. The molecule has 0 atom stereocenters. The quantitative estimate of drug-likeness (QED) is 0.367. The Morgan fingerprint density at radius 1 is 1.10 bits per heavy atom. The van der Waals surface area contributed by atoms with Crippen molar-refractivity contribution in [3.63, 3.8) is 0 Å². The van der Waals surface area contributed by atoms with E-state index < -0.39 is 10.9 Å². The number of nitrogens with zero attached hydrogens (tertiary/aromatic N) is 1. The van der Waals surface area contributed by atoms with Gasteiger partial charge >= 0.3 is 5.97 Å². The van der Waals surface area contributed by atoms with Gasteiger partial charge in [0.15, 0.2) is 0 Å². The molecule has 0 spiro atoms. The first-order valence-corrected chi connectivity index (χ1v) is 6.13. The van der Waals surface area contributed by atoms with Crippen LogP contribution in [-0.2, 0) is 4.74 Å². The van der Waals surface area contributed by atoms with Crippen LogP contribution in [0.2, 0.25) is 0 Å². The van der Waals surface area contributed by atoms with Crippen LogP contribution in [0.15, 0.2) is 42.5 Å². The Morgan fingerprint density at radius 2 is 1.75 bits per heavy atom. The van der Waals surface area contributed by atoms with Gasteiger partial charge in [-0.2, -0.15) is 0 Å².